The van der Waals surface area contributed by atoms with Gasteiger partial charge in [0.2, 0.25) is 5.91 Å². The molecular formula is C21H33NO5. The maximum Gasteiger partial charge on any atom is 0.328 e. The highest BCUT2D eigenvalue weighted by molar-refractivity contribution is 5.88. The summed E-state index contributed by atoms with van der Waals surface area (Å²) in [5.74, 6) is 1.05. The van der Waals surface area contributed by atoms with E-state index in [4.69, 9.17) is 9.47 Å². The van der Waals surface area contributed by atoms with E-state index in [1.807, 2.05) is 0 Å². The summed E-state index contributed by atoms with van der Waals surface area (Å²) in [5.41, 5.74) is -0.896. The van der Waals surface area contributed by atoms with E-state index >= 15 is 0 Å². The Kier molecular flexibility index (Phi) is 5.55. The number of esters is 2. The summed E-state index contributed by atoms with van der Waals surface area (Å²) in [6, 6.07) is -0.803. The monoisotopic (exact) mass is 379 g/mol. The summed E-state index contributed by atoms with van der Waals surface area (Å²) in [6.07, 6.45) is 6.83. The van der Waals surface area contributed by atoms with Crippen LogP contribution in [0.5, 0.6) is 0 Å². The van der Waals surface area contributed by atoms with E-state index < -0.39 is 17.6 Å². The predicted molar refractivity (Wildman–Crippen MR) is 99.6 cm³/mol. The van der Waals surface area contributed by atoms with Crippen LogP contribution in [0.2, 0.25) is 0 Å². The zero-order chi connectivity index (χ0) is 19.8. The number of carbonyl (C=O) groups excluding carboxylic acids is 3. The SMILES string of the molecule is COC(=O)[C@H](CCC(=O)OC(C)(C)C)NC(=O)C12CC3CC(CC(C3)C1)C2. The van der Waals surface area contributed by atoms with Crippen molar-refractivity contribution in [2.75, 3.05) is 7.11 Å². The highest BCUT2D eigenvalue weighted by Crippen LogP contribution is 2.60. The fourth-order valence-electron chi connectivity index (χ4n) is 5.75. The molecule has 0 heterocycles. The Morgan fingerprint density at radius 3 is 2.00 bits per heavy atom. The summed E-state index contributed by atoms with van der Waals surface area (Å²) in [5, 5.41) is 2.92. The molecule has 1 amide bonds. The number of nitrogens with one attached hydrogen (secondary N) is 1. The molecule has 4 bridgehead atoms. The molecule has 1 atom stereocenters. The molecule has 0 spiro atoms. The normalized spacial score (nSPS) is 32.7. The molecule has 152 valence electrons. The van der Waals surface area contributed by atoms with Crippen LogP contribution < -0.4 is 5.32 Å². The zero-order valence-corrected chi connectivity index (χ0v) is 17.0. The topological polar surface area (TPSA) is 81.7 Å². The fraction of sp³-hybridized carbons (Fsp3) is 0.857. The van der Waals surface area contributed by atoms with Crippen LogP contribution in [0.3, 0.4) is 0 Å². The van der Waals surface area contributed by atoms with E-state index in [1.54, 1.807) is 20.8 Å². The van der Waals surface area contributed by atoms with Gasteiger partial charge < -0.3 is 14.8 Å². The number of hydrogen-bond acceptors (Lipinski definition) is 5. The third-order valence-electron chi connectivity index (χ3n) is 6.37. The van der Waals surface area contributed by atoms with Crippen molar-refractivity contribution in [3.05, 3.63) is 0 Å². The minimum Gasteiger partial charge on any atom is -0.467 e. The molecule has 4 fully saturated rings. The first-order valence-corrected chi connectivity index (χ1v) is 10.2. The van der Waals surface area contributed by atoms with Gasteiger partial charge in [-0.05, 0) is 83.5 Å². The Hall–Kier alpha value is -1.59. The van der Waals surface area contributed by atoms with Crippen LogP contribution in [0, 0.1) is 23.2 Å². The molecule has 4 aliphatic rings. The van der Waals surface area contributed by atoms with E-state index in [0.29, 0.717) is 17.8 Å². The van der Waals surface area contributed by atoms with Gasteiger partial charge in [0.1, 0.15) is 11.6 Å². The van der Waals surface area contributed by atoms with Gasteiger partial charge in [0.25, 0.3) is 0 Å². The van der Waals surface area contributed by atoms with Crippen molar-refractivity contribution in [1.82, 2.24) is 5.32 Å². The Balaban J connectivity index is 1.62. The number of amides is 1. The van der Waals surface area contributed by atoms with Crippen molar-refractivity contribution in [2.45, 2.75) is 83.8 Å². The molecule has 0 aliphatic heterocycles. The Morgan fingerprint density at radius 1 is 1.04 bits per heavy atom. The summed E-state index contributed by atoms with van der Waals surface area (Å²) in [4.78, 5) is 37.3. The smallest absolute Gasteiger partial charge is 0.328 e. The van der Waals surface area contributed by atoms with Gasteiger partial charge in [0.15, 0.2) is 0 Å². The van der Waals surface area contributed by atoms with Crippen LogP contribution in [0.1, 0.15) is 72.1 Å². The van der Waals surface area contributed by atoms with Crippen LogP contribution >= 0.6 is 0 Å². The van der Waals surface area contributed by atoms with Crippen LogP contribution in [-0.2, 0) is 23.9 Å². The summed E-state index contributed by atoms with van der Waals surface area (Å²) >= 11 is 0. The summed E-state index contributed by atoms with van der Waals surface area (Å²) in [7, 11) is 1.31. The van der Waals surface area contributed by atoms with E-state index in [9.17, 15) is 14.4 Å². The summed E-state index contributed by atoms with van der Waals surface area (Å²) in [6.45, 7) is 5.41. The third-order valence-corrected chi connectivity index (χ3v) is 6.37. The molecule has 6 heteroatoms. The molecule has 4 rings (SSSR count). The van der Waals surface area contributed by atoms with Crippen LogP contribution in [0.4, 0.5) is 0 Å². The average Bonchev–Trinajstić information content (AvgIpc) is 2.54. The maximum atomic E-state index is 13.2. The average molecular weight is 379 g/mol. The van der Waals surface area contributed by atoms with Gasteiger partial charge in [0, 0.05) is 11.8 Å². The Labute approximate surface area is 161 Å². The van der Waals surface area contributed by atoms with Gasteiger partial charge in [-0.1, -0.05) is 0 Å². The van der Waals surface area contributed by atoms with Gasteiger partial charge in [-0.3, -0.25) is 9.59 Å². The standard InChI is InChI=1S/C21H33NO5/c1-20(2,3)27-17(23)6-5-16(18(24)26-4)22-19(25)21-10-13-7-14(11-21)9-15(8-13)12-21/h13-16H,5-12H2,1-4H3,(H,22,25)/t13?,14?,15?,16-,21?/m0/s1. The van der Waals surface area contributed by atoms with Crippen molar-refractivity contribution in [3.63, 3.8) is 0 Å². The third kappa shape index (κ3) is 4.64. The molecule has 0 aromatic carbocycles. The molecule has 4 aliphatic carbocycles. The van der Waals surface area contributed by atoms with E-state index in [0.717, 1.165) is 19.3 Å². The first-order chi connectivity index (χ1) is 12.6. The molecule has 0 unspecified atom stereocenters. The van der Waals surface area contributed by atoms with Crippen molar-refractivity contribution < 1.29 is 23.9 Å². The zero-order valence-electron chi connectivity index (χ0n) is 17.0. The van der Waals surface area contributed by atoms with Gasteiger partial charge in [-0.15, -0.1) is 0 Å². The summed E-state index contributed by atoms with van der Waals surface area (Å²) < 4.78 is 10.2. The number of hydrogen-bond donors (Lipinski definition) is 1. The van der Waals surface area contributed by atoms with Crippen molar-refractivity contribution >= 4 is 17.8 Å². The number of ether oxygens (including phenoxy) is 2. The second-order valence-electron chi connectivity index (χ2n) is 9.87. The molecule has 4 saturated carbocycles. The van der Waals surface area contributed by atoms with Crippen molar-refractivity contribution in [3.8, 4) is 0 Å². The first-order valence-electron chi connectivity index (χ1n) is 10.2. The lowest BCUT2D eigenvalue weighted by atomic mass is 9.49. The van der Waals surface area contributed by atoms with Crippen molar-refractivity contribution in [2.24, 2.45) is 23.2 Å². The van der Waals surface area contributed by atoms with Gasteiger partial charge in [-0.2, -0.15) is 0 Å². The highest BCUT2D eigenvalue weighted by Gasteiger charge is 2.55. The van der Waals surface area contributed by atoms with Gasteiger partial charge in [0.05, 0.1) is 7.11 Å². The lowest BCUT2D eigenvalue weighted by Gasteiger charge is -2.55. The van der Waals surface area contributed by atoms with Crippen LogP contribution in [-0.4, -0.2) is 36.6 Å². The van der Waals surface area contributed by atoms with E-state index in [2.05, 4.69) is 5.32 Å². The molecular weight excluding hydrogens is 346 g/mol. The van der Waals surface area contributed by atoms with Crippen molar-refractivity contribution in [1.29, 1.82) is 0 Å². The van der Waals surface area contributed by atoms with Crippen LogP contribution in [0.25, 0.3) is 0 Å². The quantitative estimate of drug-likeness (QED) is 0.718. The second-order valence-corrected chi connectivity index (χ2v) is 9.87. The van der Waals surface area contributed by atoms with Gasteiger partial charge in [-0.25, -0.2) is 4.79 Å². The van der Waals surface area contributed by atoms with Gasteiger partial charge >= 0.3 is 11.9 Å². The number of rotatable bonds is 6. The number of methoxy groups -OCH3 is 1. The van der Waals surface area contributed by atoms with Crippen LogP contribution in [0.15, 0.2) is 0 Å². The lowest BCUT2D eigenvalue weighted by molar-refractivity contribution is -0.157. The Morgan fingerprint density at radius 2 is 1.56 bits per heavy atom. The molecule has 6 nitrogen and oxygen atoms in total. The minimum absolute atomic E-state index is 0.0267. The minimum atomic E-state index is -0.803. The molecule has 27 heavy (non-hydrogen) atoms. The van der Waals surface area contributed by atoms with E-state index in [-0.39, 0.29) is 30.1 Å². The van der Waals surface area contributed by atoms with E-state index in [1.165, 1.54) is 26.4 Å². The second kappa shape index (κ2) is 7.44. The highest BCUT2D eigenvalue weighted by atomic mass is 16.6. The number of carbonyl (C=O) groups is 3. The lowest BCUT2D eigenvalue weighted by Crippen LogP contribution is -2.56. The fourth-order valence-corrected chi connectivity index (χ4v) is 5.75. The molecule has 0 aromatic heterocycles. The maximum absolute atomic E-state index is 13.2. The molecule has 0 saturated heterocycles. The largest absolute Gasteiger partial charge is 0.467 e. The molecule has 1 N–H and O–H groups in total. The molecule has 0 radical (unpaired) electrons. The predicted octanol–water partition coefficient (Wildman–Crippen LogP) is 2.98. The molecule has 0 aromatic rings. The Bertz CT molecular complexity index is 571. The first kappa shape index (κ1) is 20.2.